The maximum Gasteiger partial charge on any atom is 0.326 e. The van der Waals surface area contributed by atoms with Gasteiger partial charge in [0.2, 0.25) is 0 Å². The molecule has 0 heterocycles. The number of hydrogen-bond donors (Lipinski definition) is 2. The maximum absolute atomic E-state index is 11.8. The Hall–Kier alpha value is -1.34. The average Bonchev–Trinajstić information content (AvgIpc) is 2.25. The number of aliphatic hydroxyl groups excluding tert-OH is 1. The molecule has 0 rings (SSSR count). The quantitative estimate of drug-likeness (QED) is 0.658. The number of carbonyl (C=O) groups excluding carboxylic acids is 1. The zero-order valence-corrected chi connectivity index (χ0v) is 10.6. The molecule has 0 radical (unpaired) electrons. The van der Waals surface area contributed by atoms with Crippen LogP contribution in [0.25, 0.3) is 0 Å². The van der Waals surface area contributed by atoms with Crippen molar-refractivity contribution in [2.75, 3.05) is 34.4 Å². The maximum atomic E-state index is 11.8. The number of hydrogen-bond acceptors (Lipinski definition) is 4. The topological polar surface area (TPSA) is 90.3 Å². The van der Waals surface area contributed by atoms with Crippen molar-refractivity contribution in [3.05, 3.63) is 0 Å². The van der Waals surface area contributed by atoms with Gasteiger partial charge in [0.1, 0.15) is 6.04 Å². The van der Waals surface area contributed by atoms with Gasteiger partial charge in [-0.1, -0.05) is 0 Å². The second-order valence-corrected chi connectivity index (χ2v) is 3.90. The van der Waals surface area contributed by atoms with Crippen LogP contribution in [-0.4, -0.2) is 78.5 Å². The van der Waals surface area contributed by atoms with Gasteiger partial charge in [-0.3, -0.25) is 0 Å². The molecule has 0 aromatic carbocycles. The fourth-order valence-electron chi connectivity index (χ4n) is 1.24. The molecule has 0 aromatic heterocycles. The predicted octanol–water partition coefficient (Wildman–Crippen LogP) is -0.550. The Morgan fingerprint density at radius 1 is 1.35 bits per heavy atom. The van der Waals surface area contributed by atoms with Gasteiger partial charge in [0.05, 0.1) is 19.3 Å². The van der Waals surface area contributed by atoms with Gasteiger partial charge in [0, 0.05) is 21.2 Å². The molecule has 2 atom stereocenters. The lowest BCUT2D eigenvalue weighted by Gasteiger charge is -2.28. The van der Waals surface area contributed by atoms with Crippen molar-refractivity contribution in [2.45, 2.75) is 19.1 Å². The van der Waals surface area contributed by atoms with Crippen molar-refractivity contribution in [2.24, 2.45) is 0 Å². The van der Waals surface area contributed by atoms with Gasteiger partial charge in [0.25, 0.3) is 0 Å². The van der Waals surface area contributed by atoms with Crippen LogP contribution < -0.4 is 0 Å². The molecule has 0 fully saturated rings. The Bertz CT molecular complexity index is 271. The van der Waals surface area contributed by atoms with Gasteiger partial charge in [-0.15, -0.1) is 0 Å². The van der Waals surface area contributed by atoms with E-state index < -0.39 is 24.1 Å². The summed E-state index contributed by atoms with van der Waals surface area (Å²) < 4.78 is 4.73. The van der Waals surface area contributed by atoms with Crippen LogP contribution in [-0.2, 0) is 9.53 Å². The van der Waals surface area contributed by atoms with Gasteiger partial charge in [-0.05, 0) is 6.92 Å². The number of aliphatic carboxylic acids is 1. The van der Waals surface area contributed by atoms with Crippen LogP contribution in [0.1, 0.15) is 6.92 Å². The zero-order chi connectivity index (χ0) is 13.6. The van der Waals surface area contributed by atoms with E-state index in [1.165, 1.54) is 33.0 Å². The van der Waals surface area contributed by atoms with Gasteiger partial charge in [-0.2, -0.15) is 0 Å². The normalized spacial score (nSPS) is 13.9. The number of ether oxygens (including phenoxy) is 1. The summed E-state index contributed by atoms with van der Waals surface area (Å²) in [4.78, 5) is 24.8. The minimum atomic E-state index is -1.08. The van der Waals surface area contributed by atoms with Crippen LogP contribution in [0.5, 0.6) is 0 Å². The summed E-state index contributed by atoms with van der Waals surface area (Å²) in [6, 6.07) is -1.38. The molecule has 7 heteroatoms. The second-order valence-electron chi connectivity index (χ2n) is 3.90. The van der Waals surface area contributed by atoms with Crippen molar-refractivity contribution in [3.8, 4) is 0 Å². The van der Waals surface area contributed by atoms with E-state index in [2.05, 4.69) is 0 Å². The molecule has 0 aliphatic heterocycles. The summed E-state index contributed by atoms with van der Waals surface area (Å²) in [5.41, 5.74) is 0. The SMILES string of the molecule is COCC(O)CN(C)C(=O)N(C)C(C)C(=O)O. The number of aliphatic hydroxyl groups is 1. The largest absolute Gasteiger partial charge is 0.480 e. The lowest BCUT2D eigenvalue weighted by Crippen LogP contribution is -2.48. The molecule has 2 N–H and O–H groups in total. The van der Waals surface area contributed by atoms with Crippen molar-refractivity contribution >= 4 is 12.0 Å². The summed E-state index contributed by atoms with van der Waals surface area (Å²) >= 11 is 0. The summed E-state index contributed by atoms with van der Waals surface area (Å²) in [6.07, 6.45) is -0.789. The zero-order valence-electron chi connectivity index (χ0n) is 10.6. The van der Waals surface area contributed by atoms with E-state index in [4.69, 9.17) is 9.84 Å². The Kier molecular flexibility index (Phi) is 6.52. The van der Waals surface area contributed by atoms with Crippen LogP contribution in [0.2, 0.25) is 0 Å². The first-order chi connectivity index (χ1) is 7.81. The molecule has 100 valence electrons. The standard InChI is InChI=1S/C10H20N2O5/c1-7(9(14)15)12(3)10(16)11(2)5-8(13)6-17-4/h7-8,13H,5-6H2,1-4H3,(H,14,15). The Morgan fingerprint density at radius 3 is 2.29 bits per heavy atom. The molecular weight excluding hydrogens is 228 g/mol. The van der Waals surface area contributed by atoms with Gasteiger partial charge < -0.3 is 24.7 Å². The van der Waals surface area contributed by atoms with E-state index in [0.29, 0.717) is 0 Å². The third-order valence-electron chi connectivity index (χ3n) is 2.41. The third kappa shape index (κ3) is 5.01. The number of methoxy groups -OCH3 is 1. The van der Waals surface area contributed by atoms with E-state index in [0.717, 1.165) is 4.90 Å². The number of urea groups is 1. The molecule has 0 saturated heterocycles. The summed E-state index contributed by atoms with van der Waals surface area (Å²) in [5, 5.41) is 18.2. The minimum absolute atomic E-state index is 0.0867. The van der Waals surface area contributed by atoms with Gasteiger partial charge in [-0.25, -0.2) is 9.59 Å². The number of nitrogens with zero attached hydrogens (tertiary/aromatic N) is 2. The molecule has 0 bridgehead atoms. The Labute approximate surface area is 101 Å². The smallest absolute Gasteiger partial charge is 0.326 e. The number of carboxylic acid groups (broad SMARTS) is 1. The van der Waals surface area contributed by atoms with Crippen LogP contribution in [0.3, 0.4) is 0 Å². The summed E-state index contributed by atoms with van der Waals surface area (Å²) in [6.45, 7) is 1.62. The molecular formula is C10H20N2O5. The van der Waals surface area contributed by atoms with E-state index in [9.17, 15) is 14.7 Å². The number of rotatable bonds is 6. The monoisotopic (exact) mass is 248 g/mol. The number of carboxylic acids is 1. The highest BCUT2D eigenvalue weighted by Gasteiger charge is 2.25. The van der Waals surface area contributed by atoms with Crippen LogP contribution in [0.15, 0.2) is 0 Å². The number of likely N-dealkylation sites (N-methyl/N-ethyl adjacent to an activating group) is 2. The van der Waals surface area contributed by atoms with Gasteiger partial charge >= 0.3 is 12.0 Å². The van der Waals surface area contributed by atoms with Crippen molar-refractivity contribution in [3.63, 3.8) is 0 Å². The summed E-state index contributed by atoms with van der Waals surface area (Å²) in [7, 11) is 4.34. The van der Waals surface area contributed by atoms with Crippen LogP contribution >= 0.6 is 0 Å². The average molecular weight is 248 g/mol. The lowest BCUT2D eigenvalue weighted by atomic mass is 10.3. The first-order valence-electron chi connectivity index (χ1n) is 5.19. The molecule has 0 aliphatic rings. The Morgan fingerprint density at radius 2 is 1.88 bits per heavy atom. The second kappa shape index (κ2) is 7.08. The predicted molar refractivity (Wildman–Crippen MR) is 60.8 cm³/mol. The minimum Gasteiger partial charge on any atom is -0.480 e. The first-order valence-corrected chi connectivity index (χ1v) is 5.19. The molecule has 0 aromatic rings. The fourth-order valence-corrected chi connectivity index (χ4v) is 1.24. The highest BCUT2D eigenvalue weighted by atomic mass is 16.5. The lowest BCUT2D eigenvalue weighted by molar-refractivity contribution is -0.141. The number of carbonyl (C=O) groups is 2. The van der Waals surface area contributed by atoms with Crippen molar-refractivity contribution in [1.29, 1.82) is 0 Å². The van der Waals surface area contributed by atoms with Crippen molar-refractivity contribution in [1.82, 2.24) is 9.80 Å². The van der Waals surface area contributed by atoms with E-state index in [1.54, 1.807) is 0 Å². The van der Waals surface area contributed by atoms with E-state index >= 15 is 0 Å². The Balaban J connectivity index is 4.34. The molecule has 2 amide bonds. The van der Waals surface area contributed by atoms with E-state index in [1.807, 2.05) is 0 Å². The summed E-state index contributed by atoms with van der Waals surface area (Å²) in [5.74, 6) is -1.08. The van der Waals surface area contributed by atoms with Crippen molar-refractivity contribution < 1.29 is 24.5 Å². The van der Waals surface area contributed by atoms with Gasteiger partial charge in [0.15, 0.2) is 0 Å². The third-order valence-corrected chi connectivity index (χ3v) is 2.41. The highest BCUT2D eigenvalue weighted by Crippen LogP contribution is 2.02. The molecule has 0 spiro atoms. The van der Waals surface area contributed by atoms with Crippen LogP contribution in [0, 0.1) is 0 Å². The molecule has 17 heavy (non-hydrogen) atoms. The first kappa shape index (κ1) is 15.7. The fraction of sp³-hybridized carbons (Fsp3) is 0.800. The molecule has 0 aliphatic carbocycles. The molecule has 0 saturated carbocycles. The molecule has 2 unspecified atom stereocenters. The number of amides is 2. The van der Waals surface area contributed by atoms with Crippen LogP contribution in [0.4, 0.5) is 4.79 Å². The van der Waals surface area contributed by atoms with E-state index in [-0.39, 0.29) is 13.2 Å². The molecule has 7 nitrogen and oxygen atoms in total. The highest BCUT2D eigenvalue weighted by molar-refractivity contribution is 5.82.